The van der Waals surface area contributed by atoms with Gasteiger partial charge in [-0.05, 0) is 49.8 Å². The molecule has 11 heteroatoms. The third kappa shape index (κ3) is 8.33. The van der Waals surface area contributed by atoms with Crippen LogP contribution in [0.15, 0.2) is 24.3 Å². The monoisotopic (exact) mass is 468 g/mol. The maximum atomic E-state index is 12.5. The number of carboxylic acid groups (broad SMARTS) is 1. The number of nitrogens with zero attached hydrogens (tertiary/aromatic N) is 2. The number of carbonyl (C=O) groups is 2. The molecule has 5 nitrogen and oxygen atoms in total. The molecule has 0 aromatic heterocycles. The van der Waals surface area contributed by atoms with Gasteiger partial charge in [0.1, 0.15) is 0 Å². The number of carbonyl (C=O) groups excluding carboxylic acids is 1. The van der Waals surface area contributed by atoms with Crippen LogP contribution in [0.2, 0.25) is 0 Å². The minimum atomic E-state index is -5.08. The Bertz CT molecular complexity index is 782. The lowest BCUT2D eigenvalue weighted by Crippen LogP contribution is -2.36. The zero-order chi connectivity index (χ0) is 23.9. The van der Waals surface area contributed by atoms with Crippen molar-refractivity contribution >= 4 is 17.6 Å². The van der Waals surface area contributed by atoms with Crippen molar-refractivity contribution in [3.05, 3.63) is 29.8 Å². The Kier molecular flexibility index (Phi) is 8.94. The van der Waals surface area contributed by atoms with Gasteiger partial charge >= 0.3 is 18.3 Å². The number of benzene rings is 1. The van der Waals surface area contributed by atoms with Crippen LogP contribution < -0.4 is 4.90 Å². The molecule has 0 radical (unpaired) electrons. The molecule has 2 heterocycles. The predicted molar refractivity (Wildman–Crippen MR) is 105 cm³/mol. The SMILES string of the molecule is O=C(O)C(F)(F)F.O=C1CCCCN1c1ccccc1CCN1CC[C@@H](CC(F)(F)F)C1. The second kappa shape index (κ2) is 11.0. The van der Waals surface area contributed by atoms with Gasteiger partial charge in [-0.2, -0.15) is 26.3 Å². The Hall–Kier alpha value is -2.30. The van der Waals surface area contributed by atoms with Crippen LogP contribution in [0.25, 0.3) is 0 Å². The summed E-state index contributed by atoms with van der Waals surface area (Å²) in [6.07, 6.45) is -5.88. The van der Waals surface area contributed by atoms with E-state index in [-0.39, 0.29) is 11.8 Å². The van der Waals surface area contributed by atoms with Gasteiger partial charge in [0.25, 0.3) is 0 Å². The van der Waals surface area contributed by atoms with Gasteiger partial charge in [0.2, 0.25) is 5.91 Å². The van der Waals surface area contributed by atoms with Crippen LogP contribution in [-0.2, 0) is 16.0 Å². The van der Waals surface area contributed by atoms with Gasteiger partial charge in [-0.15, -0.1) is 0 Å². The van der Waals surface area contributed by atoms with Crippen LogP contribution >= 0.6 is 0 Å². The molecule has 0 bridgehead atoms. The highest BCUT2D eigenvalue weighted by Crippen LogP contribution is 2.31. The van der Waals surface area contributed by atoms with Crippen LogP contribution in [0.4, 0.5) is 32.0 Å². The smallest absolute Gasteiger partial charge is 0.475 e. The van der Waals surface area contributed by atoms with Gasteiger partial charge in [-0.1, -0.05) is 18.2 Å². The van der Waals surface area contributed by atoms with E-state index in [2.05, 4.69) is 4.90 Å². The Morgan fingerprint density at radius 2 is 1.72 bits per heavy atom. The summed E-state index contributed by atoms with van der Waals surface area (Å²) in [6.45, 7) is 2.75. The van der Waals surface area contributed by atoms with E-state index in [1.165, 1.54) is 0 Å². The first-order chi connectivity index (χ1) is 14.9. The first-order valence-electron chi connectivity index (χ1n) is 10.3. The third-order valence-corrected chi connectivity index (χ3v) is 5.44. The summed E-state index contributed by atoms with van der Waals surface area (Å²) in [6, 6.07) is 7.91. The first-order valence-corrected chi connectivity index (χ1v) is 10.3. The van der Waals surface area contributed by atoms with Gasteiger partial charge in [-0.25, -0.2) is 4.79 Å². The van der Waals surface area contributed by atoms with Crippen LogP contribution in [0.5, 0.6) is 0 Å². The van der Waals surface area contributed by atoms with E-state index in [1.807, 2.05) is 29.2 Å². The Balaban J connectivity index is 0.000000451. The topological polar surface area (TPSA) is 60.9 Å². The van der Waals surface area contributed by atoms with Gasteiger partial charge in [0.15, 0.2) is 0 Å². The molecule has 0 spiro atoms. The highest BCUT2D eigenvalue weighted by Gasteiger charge is 2.38. The quantitative estimate of drug-likeness (QED) is 0.639. The van der Waals surface area contributed by atoms with Gasteiger partial charge < -0.3 is 14.9 Å². The van der Waals surface area contributed by atoms with E-state index in [9.17, 15) is 31.1 Å². The van der Waals surface area contributed by atoms with E-state index in [0.717, 1.165) is 50.1 Å². The second-order valence-corrected chi connectivity index (χ2v) is 7.96. The number of hydrogen-bond acceptors (Lipinski definition) is 3. The van der Waals surface area contributed by atoms with Crippen LogP contribution in [0.1, 0.15) is 37.7 Å². The molecule has 2 aliphatic heterocycles. The summed E-state index contributed by atoms with van der Waals surface area (Å²) in [5.74, 6) is -2.86. The molecule has 1 aromatic carbocycles. The molecule has 1 atom stereocenters. The summed E-state index contributed by atoms with van der Waals surface area (Å²) < 4.78 is 69.3. The van der Waals surface area contributed by atoms with Gasteiger partial charge in [-0.3, -0.25) is 4.79 Å². The maximum Gasteiger partial charge on any atom is 0.490 e. The second-order valence-electron chi connectivity index (χ2n) is 7.96. The lowest BCUT2D eigenvalue weighted by atomic mass is 10.0. The number of anilines is 1. The lowest BCUT2D eigenvalue weighted by molar-refractivity contribution is -0.192. The number of halogens is 6. The molecule has 1 N–H and O–H groups in total. The van der Waals surface area contributed by atoms with E-state index in [0.29, 0.717) is 19.4 Å². The molecule has 0 saturated carbocycles. The van der Waals surface area contributed by atoms with Crippen LogP contribution in [-0.4, -0.2) is 60.4 Å². The summed E-state index contributed by atoms with van der Waals surface area (Å²) in [5, 5.41) is 7.12. The number of aliphatic carboxylic acids is 1. The number of amides is 1. The fourth-order valence-electron chi connectivity index (χ4n) is 3.93. The minimum absolute atomic E-state index is 0.171. The van der Waals surface area contributed by atoms with Crippen molar-refractivity contribution in [3.63, 3.8) is 0 Å². The maximum absolute atomic E-state index is 12.5. The van der Waals surface area contributed by atoms with Crippen molar-refractivity contribution in [1.29, 1.82) is 0 Å². The van der Waals surface area contributed by atoms with E-state index < -0.39 is 24.7 Å². The number of rotatable bonds is 5. The molecule has 0 unspecified atom stereocenters. The van der Waals surface area contributed by atoms with Crippen molar-refractivity contribution in [2.75, 3.05) is 31.1 Å². The average molecular weight is 468 g/mol. The standard InChI is InChI=1S/C19H25F3N2O.C2HF3O2/c20-19(21,22)13-15-8-11-23(14-15)12-9-16-5-1-2-6-17(16)24-10-4-3-7-18(24)25;3-2(4,5)1(6)7/h1-2,5-6,15H,3-4,7-14H2;(H,6,7)/t15-;/m0./s1. The predicted octanol–water partition coefficient (Wildman–Crippen LogP) is 4.65. The first kappa shape index (κ1) is 26.0. The molecule has 0 aliphatic carbocycles. The number of piperidine rings is 1. The number of carboxylic acids is 1. The van der Waals surface area contributed by atoms with Crippen LogP contribution in [0.3, 0.4) is 0 Å². The molecule has 180 valence electrons. The Morgan fingerprint density at radius 3 is 2.31 bits per heavy atom. The summed E-state index contributed by atoms with van der Waals surface area (Å²) in [5.41, 5.74) is 2.08. The molecule has 2 fully saturated rings. The van der Waals surface area contributed by atoms with Gasteiger partial charge in [0.05, 0.1) is 0 Å². The largest absolute Gasteiger partial charge is 0.490 e. The van der Waals surface area contributed by atoms with Crippen molar-refractivity contribution < 1.29 is 41.0 Å². The van der Waals surface area contributed by atoms with E-state index in [4.69, 9.17) is 9.90 Å². The molecule has 3 rings (SSSR count). The number of likely N-dealkylation sites (tertiary alicyclic amines) is 1. The highest BCUT2D eigenvalue weighted by atomic mass is 19.4. The zero-order valence-corrected chi connectivity index (χ0v) is 17.4. The summed E-state index contributed by atoms with van der Waals surface area (Å²) in [4.78, 5) is 25.1. The summed E-state index contributed by atoms with van der Waals surface area (Å²) >= 11 is 0. The van der Waals surface area contributed by atoms with Crippen molar-refractivity contribution in [2.24, 2.45) is 5.92 Å². The van der Waals surface area contributed by atoms with Crippen LogP contribution in [0, 0.1) is 5.92 Å². The normalized spacial score (nSPS) is 20.1. The van der Waals surface area contributed by atoms with Crippen molar-refractivity contribution in [1.82, 2.24) is 4.90 Å². The summed E-state index contributed by atoms with van der Waals surface area (Å²) in [7, 11) is 0. The molecule has 2 aliphatic rings. The highest BCUT2D eigenvalue weighted by molar-refractivity contribution is 5.94. The third-order valence-electron chi connectivity index (χ3n) is 5.44. The van der Waals surface area contributed by atoms with E-state index in [1.54, 1.807) is 0 Å². The van der Waals surface area contributed by atoms with Crippen molar-refractivity contribution in [3.8, 4) is 0 Å². The Morgan fingerprint density at radius 1 is 1.06 bits per heavy atom. The minimum Gasteiger partial charge on any atom is -0.475 e. The molecular weight excluding hydrogens is 442 g/mol. The average Bonchev–Trinajstić information content (AvgIpc) is 3.12. The van der Waals surface area contributed by atoms with Crippen molar-refractivity contribution in [2.45, 2.75) is 50.9 Å². The fraction of sp³-hybridized carbons (Fsp3) is 0.619. The molecule has 1 aromatic rings. The number of para-hydroxylation sites is 1. The van der Waals surface area contributed by atoms with Gasteiger partial charge in [0, 0.05) is 38.2 Å². The number of alkyl halides is 6. The lowest BCUT2D eigenvalue weighted by Gasteiger charge is -2.29. The molecule has 1 amide bonds. The number of hydrogen-bond donors (Lipinski definition) is 1. The Labute approximate surface area is 182 Å². The zero-order valence-electron chi connectivity index (χ0n) is 17.4. The fourth-order valence-corrected chi connectivity index (χ4v) is 3.93. The molecule has 32 heavy (non-hydrogen) atoms. The molecule has 2 saturated heterocycles. The molecular formula is C21H26F6N2O3. The van der Waals surface area contributed by atoms with E-state index >= 15 is 0 Å².